The van der Waals surface area contributed by atoms with Crippen molar-refractivity contribution in [2.24, 2.45) is 0 Å². The van der Waals surface area contributed by atoms with Gasteiger partial charge in [0.15, 0.2) is 0 Å². The lowest BCUT2D eigenvalue weighted by Gasteiger charge is -2.15. The topological polar surface area (TPSA) is 41.5 Å². The number of hydrogen-bond acceptors (Lipinski definition) is 3. The molecule has 0 fully saturated rings. The van der Waals surface area contributed by atoms with E-state index in [1.54, 1.807) is 0 Å². The molecular weight excluding hydrogens is 330 g/mol. The summed E-state index contributed by atoms with van der Waals surface area (Å²) in [4.78, 5) is 0. The summed E-state index contributed by atoms with van der Waals surface area (Å²) in [6.45, 7) is 4.76. The van der Waals surface area contributed by atoms with E-state index in [-0.39, 0.29) is 6.61 Å². The van der Waals surface area contributed by atoms with Gasteiger partial charge in [0.2, 0.25) is 0 Å². The molecule has 0 bridgehead atoms. The van der Waals surface area contributed by atoms with Crippen molar-refractivity contribution in [1.29, 1.82) is 0 Å². The van der Waals surface area contributed by atoms with E-state index in [1.807, 2.05) is 56.3 Å². The molecule has 0 amide bonds. The van der Waals surface area contributed by atoms with Crippen LogP contribution in [0.2, 0.25) is 0 Å². The van der Waals surface area contributed by atoms with Crippen LogP contribution in [0.15, 0.2) is 46.9 Å². The van der Waals surface area contributed by atoms with Gasteiger partial charge in [-0.15, -0.1) is 0 Å². The normalized spacial score (nSPS) is 12.0. The fourth-order valence-electron chi connectivity index (χ4n) is 1.95. The van der Waals surface area contributed by atoms with Gasteiger partial charge in [-0.25, -0.2) is 0 Å². The molecule has 2 aromatic carbocycles. The second-order valence-electron chi connectivity index (χ2n) is 5.15. The Bertz CT molecular complexity index is 601. The fraction of sp³-hybridized carbons (Fsp3) is 0.294. The highest BCUT2D eigenvalue weighted by Crippen LogP contribution is 2.23. The lowest BCUT2D eigenvalue weighted by atomic mass is 10.2. The average Bonchev–Trinajstić information content (AvgIpc) is 2.44. The van der Waals surface area contributed by atoms with Crippen LogP contribution in [0.3, 0.4) is 0 Å². The van der Waals surface area contributed by atoms with Crippen LogP contribution < -0.4 is 10.1 Å². The van der Waals surface area contributed by atoms with E-state index in [2.05, 4.69) is 21.2 Å². The first kappa shape index (κ1) is 15.9. The zero-order valence-corrected chi connectivity index (χ0v) is 13.9. The summed E-state index contributed by atoms with van der Waals surface area (Å²) in [5, 5.41) is 13.2. The summed E-state index contributed by atoms with van der Waals surface area (Å²) in [6.07, 6.45) is -0.571. The molecule has 0 heterocycles. The summed E-state index contributed by atoms with van der Waals surface area (Å²) in [6, 6.07) is 13.9. The van der Waals surface area contributed by atoms with Gasteiger partial charge in [0.25, 0.3) is 0 Å². The molecule has 2 N–H and O–H groups in total. The number of ether oxygens (including phenoxy) is 1. The number of aliphatic hydroxyl groups is 1. The van der Waals surface area contributed by atoms with Gasteiger partial charge < -0.3 is 15.2 Å². The quantitative estimate of drug-likeness (QED) is 0.830. The van der Waals surface area contributed by atoms with Crippen molar-refractivity contribution in [2.75, 3.05) is 18.5 Å². The molecule has 0 aliphatic carbocycles. The SMILES string of the molecule is Cc1cccc(OCC(O)CNc2ccc(C)cc2Br)c1. The monoisotopic (exact) mass is 349 g/mol. The van der Waals surface area contributed by atoms with Gasteiger partial charge in [-0.05, 0) is 65.2 Å². The number of rotatable bonds is 6. The van der Waals surface area contributed by atoms with E-state index in [4.69, 9.17) is 4.74 Å². The molecule has 0 saturated carbocycles. The number of halogens is 1. The average molecular weight is 350 g/mol. The standard InChI is InChI=1S/C17H20BrNO2/c1-12-4-3-5-15(8-12)21-11-14(20)10-19-17-7-6-13(2)9-16(17)18/h3-9,14,19-20H,10-11H2,1-2H3. The highest BCUT2D eigenvalue weighted by Gasteiger charge is 2.07. The van der Waals surface area contributed by atoms with Crippen LogP contribution in [-0.4, -0.2) is 24.4 Å². The third-order valence-electron chi connectivity index (χ3n) is 3.08. The van der Waals surface area contributed by atoms with Crippen LogP contribution in [0.5, 0.6) is 5.75 Å². The maximum absolute atomic E-state index is 9.98. The summed E-state index contributed by atoms with van der Waals surface area (Å²) in [5.74, 6) is 0.783. The minimum absolute atomic E-state index is 0.264. The Labute approximate surface area is 134 Å². The number of aryl methyl sites for hydroxylation is 2. The van der Waals surface area contributed by atoms with Crippen molar-refractivity contribution < 1.29 is 9.84 Å². The van der Waals surface area contributed by atoms with Crippen molar-refractivity contribution in [1.82, 2.24) is 0 Å². The molecule has 0 aliphatic heterocycles. The predicted octanol–water partition coefficient (Wildman–Crippen LogP) is 3.92. The van der Waals surface area contributed by atoms with Gasteiger partial charge in [-0.3, -0.25) is 0 Å². The Hall–Kier alpha value is -1.52. The second-order valence-corrected chi connectivity index (χ2v) is 6.00. The Morgan fingerprint density at radius 3 is 2.62 bits per heavy atom. The van der Waals surface area contributed by atoms with E-state index >= 15 is 0 Å². The summed E-state index contributed by atoms with van der Waals surface area (Å²) < 4.78 is 6.58. The number of aliphatic hydroxyl groups excluding tert-OH is 1. The minimum atomic E-state index is -0.571. The molecule has 0 saturated heterocycles. The Morgan fingerprint density at radius 1 is 1.14 bits per heavy atom. The first-order valence-electron chi connectivity index (χ1n) is 6.92. The largest absolute Gasteiger partial charge is 0.491 e. The van der Waals surface area contributed by atoms with E-state index < -0.39 is 6.10 Å². The maximum atomic E-state index is 9.98. The van der Waals surface area contributed by atoms with Crippen LogP contribution in [0.4, 0.5) is 5.69 Å². The second kappa shape index (κ2) is 7.48. The van der Waals surface area contributed by atoms with Crippen molar-refractivity contribution in [3.8, 4) is 5.75 Å². The molecule has 2 aromatic rings. The molecule has 1 atom stereocenters. The van der Waals surface area contributed by atoms with E-state index in [1.165, 1.54) is 5.56 Å². The van der Waals surface area contributed by atoms with Crippen molar-refractivity contribution in [3.05, 3.63) is 58.1 Å². The summed E-state index contributed by atoms with van der Waals surface area (Å²) >= 11 is 3.51. The third kappa shape index (κ3) is 5.06. The molecule has 0 spiro atoms. The van der Waals surface area contributed by atoms with E-state index in [9.17, 15) is 5.11 Å². The van der Waals surface area contributed by atoms with Gasteiger partial charge in [-0.1, -0.05) is 18.2 Å². The molecule has 0 aromatic heterocycles. The molecule has 21 heavy (non-hydrogen) atoms. The van der Waals surface area contributed by atoms with Crippen molar-refractivity contribution in [3.63, 3.8) is 0 Å². The predicted molar refractivity (Wildman–Crippen MR) is 90.0 cm³/mol. The molecule has 0 radical (unpaired) electrons. The van der Waals surface area contributed by atoms with Gasteiger partial charge >= 0.3 is 0 Å². The van der Waals surface area contributed by atoms with Crippen LogP contribution in [0.1, 0.15) is 11.1 Å². The first-order valence-corrected chi connectivity index (χ1v) is 7.71. The Balaban J connectivity index is 1.80. The number of hydrogen-bond donors (Lipinski definition) is 2. The molecule has 0 aliphatic rings. The lowest BCUT2D eigenvalue weighted by Crippen LogP contribution is -2.26. The zero-order chi connectivity index (χ0) is 15.2. The van der Waals surface area contributed by atoms with Gasteiger partial charge in [0.1, 0.15) is 18.5 Å². The van der Waals surface area contributed by atoms with Crippen LogP contribution >= 0.6 is 15.9 Å². The smallest absolute Gasteiger partial charge is 0.119 e. The highest BCUT2D eigenvalue weighted by molar-refractivity contribution is 9.10. The van der Waals surface area contributed by atoms with Crippen LogP contribution in [0.25, 0.3) is 0 Å². The minimum Gasteiger partial charge on any atom is -0.491 e. The molecule has 4 heteroatoms. The summed E-state index contributed by atoms with van der Waals surface area (Å²) in [7, 11) is 0. The highest BCUT2D eigenvalue weighted by atomic mass is 79.9. The van der Waals surface area contributed by atoms with Crippen molar-refractivity contribution in [2.45, 2.75) is 20.0 Å². The van der Waals surface area contributed by atoms with E-state index in [0.717, 1.165) is 21.5 Å². The summed E-state index contributed by atoms with van der Waals surface area (Å²) in [5.41, 5.74) is 3.30. The molecule has 1 unspecified atom stereocenters. The van der Waals surface area contributed by atoms with Gasteiger partial charge in [0.05, 0.1) is 0 Å². The van der Waals surface area contributed by atoms with Crippen molar-refractivity contribution >= 4 is 21.6 Å². The number of benzene rings is 2. The van der Waals surface area contributed by atoms with Crippen LogP contribution in [0, 0.1) is 13.8 Å². The number of nitrogens with one attached hydrogen (secondary N) is 1. The van der Waals surface area contributed by atoms with Crippen LogP contribution in [-0.2, 0) is 0 Å². The number of anilines is 1. The van der Waals surface area contributed by atoms with E-state index in [0.29, 0.717) is 6.54 Å². The molecular formula is C17H20BrNO2. The molecule has 112 valence electrons. The lowest BCUT2D eigenvalue weighted by molar-refractivity contribution is 0.117. The first-order chi connectivity index (χ1) is 10.0. The van der Waals surface area contributed by atoms with Gasteiger partial charge in [0, 0.05) is 16.7 Å². The molecule has 2 rings (SSSR count). The van der Waals surface area contributed by atoms with Gasteiger partial charge in [-0.2, -0.15) is 0 Å². The zero-order valence-electron chi connectivity index (χ0n) is 12.3. The Kier molecular flexibility index (Phi) is 5.65. The fourth-order valence-corrected chi connectivity index (χ4v) is 2.58. The maximum Gasteiger partial charge on any atom is 0.119 e. The third-order valence-corrected chi connectivity index (χ3v) is 3.74. The Morgan fingerprint density at radius 2 is 1.90 bits per heavy atom. The molecule has 3 nitrogen and oxygen atoms in total.